The molecule has 14 heteroatoms. The van der Waals surface area contributed by atoms with Crippen LogP contribution in [0.5, 0.6) is 5.75 Å². The Balaban J connectivity index is 2.07. The number of carbonyl (C=O) groups excluding carboxylic acids is 1. The number of rotatable bonds is 7. The average molecular weight is 522 g/mol. The number of hydrogen-bond acceptors (Lipinski definition) is 7. The zero-order chi connectivity index (χ0) is 26.2. The van der Waals surface area contributed by atoms with Crippen LogP contribution in [0.1, 0.15) is 13.3 Å². The van der Waals surface area contributed by atoms with Gasteiger partial charge in [0.1, 0.15) is 11.1 Å². The fourth-order valence-electron chi connectivity index (χ4n) is 3.90. The molecule has 192 valence electrons. The van der Waals surface area contributed by atoms with E-state index in [1.807, 2.05) is 0 Å². The van der Waals surface area contributed by atoms with Crippen molar-refractivity contribution < 1.29 is 40.4 Å². The number of nitrogens with zero attached hydrogens (tertiary/aromatic N) is 2. The first-order valence-corrected chi connectivity index (χ1v) is 12.2. The van der Waals surface area contributed by atoms with Crippen molar-refractivity contribution in [2.45, 2.75) is 36.2 Å². The van der Waals surface area contributed by atoms with Gasteiger partial charge in [-0.1, -0.05) is 0 Å². The van der Waals surface area contributed by atoms with Crippen molar-refractivity contribution in [1.29, 1.82) is 4.78 Å². The number of nitrogens with one attached hydrogen (secondary N) is 2. The van der Waals surface area contributed by atoms with Gasteiger partial charge in [0, 0.05) is 31.2 Å². The first-order valence-electron chi connectivity index (χ1n) is 10.2. The highest BCUT2D eigenvalue weighted by Gasteiger charge is 2.63. The Labute approximate surface area is 198 Å². The SMILES string of the molecule is CCO[C@]1(C(F)(F)F)C[C@@H](C(=O)Nc2ccnc([S@](C)(=N)=O)c2)N(c2ccc(F)c(F)c2OC)C1. The summed E-state index contributed by atoms with van der Waals surface area (Å²) < 4.78 is 100. The summed E-state index contributed by atoms with van der Waals surface area (Å²) in [6.07, 6.45) is -3.44. The van der Waals surface area contributed by atoms with E-state index in [1.165, 1.54) is 25.3 Å². The zero-order valence-corrected chi connectivity index (χ0v) is 19.7. The second-order valence-electron chi connectivity index (χ2n) is 7.90. The molecule has 0 bridgehead atoms. The van der Waals surface area contributed by atoms with E-state index in [0.717, 1.165) is 30.4 Å². The molecular weight excluding hydrogens is 499 g/mol. The van der Waals surface area contributed by atoms with Crippen LogP contribution in [-0.4, -0.2) is 59.4 Å². The Morgan fingerprint density at radius 3 is 2.60 bits per heavy atom. The summed E-state index contributed by atoms with van der Waals surface area (Å²) in [5.41, 5.74) is -3.00. The van der Waals surface area contributed by atoms with Crippen molar-refractivity contribution in [2.75, 3.05) is 36.7 Å². The normalized spacial score (nSPS) is 22.1. The second kappa shape index (κ2) is 9.57. The molecule has 2 heterocycles. The number of pyridine rings is 1. The largest absolute Gasteiger partial charge is 0.491 e. The van der Waals surface area contributed by atoms with Gasteiger partial charge in [-0.25, -0.2) is 18.4 Å². The van der Waals surface area contributed by atoms with Crippen LogP contribution in [0.2, 0.25) is 0 Å². The highest BCUT2D eigenvalue weighted by molar-refractivity contribution is 7.91. The smallest absolute Gasteiger partial charge is 0.419 e. The molecule has 3 atom stereocenters. The number of hydrogen-bond donors (Lipinski definition) is 2. The lowest BCUT2D eigenvalue weighted by molar-refractivity contribution is -0.268. The number of aromatic nitrogens is 1. The molecule has 1 aliphatic rings. The Morgan fingerprint density at radius 2 is 2.03 bits per heavy atom. The van der Waals surface area contributed by atoms with Crippen LogP contribution >= 0.6 is 0 Å². The summed E-state index contributed by atoms with van der Waals surface area (Å²) >= 11 is 0. The molecule has 0 spiro atoms. The molecule has 35 heavy (non-hydrogen) atoms. The molecule has 1 saturated heterocycles. The van der Waals surface area contributed by atoms with Gasteiger partial charge in [0.05, 0.1) is 29.1 Å². The number of carbonyl (C=O) groups is 1. The number of methoxy groups -OCH3 is 1. The zero-order valence-electron chi connectivity index (χ0n) is 18.9. The van der Waals surface area contributed by atoms with Crippen molar-refractivity contribution >= 4 is 27.0 Å². The van der Waals surface area contributed by atoms with Crippen molar-refractivity contribution in [2.24, 2.45) is 0 Å². The summed E-state index contributed by atoms with van der Waals surface area (Å²) in [4.78, 5) is 18.0. The van der Waals surface area contributed by atoms with Crippen LogP contribution in [0.4, 0.5) is 33.3 Å². The molecule has 0 aliphatic carbocycles. The quantitative estimate of drug-likeness (QED) is 0.534. The van der Waals surface area contributed by atoms with Crippen LogP contribution in [0, 0.1) is 16.4 Å². The number of alkyl halides is 3. The fraction of sp³-hybridized carbons (Fsp3) is 0.429. The minimum atomic E-state index is -4.90. The topological polar surface area (TPSA) is 105 Å². The molecule has 1 amide bonds. The highest BCUT2D eigenvalue weighted by Crippen LogP contribution is 2.47. The molecular formula is C21H23F5N4O4S. The second-order valence-corrected chi connectivity index (χ2v) is 10.0. The van der Waals surface area contributed by atoms with Gasteiger partial charge in [-0.2, -0.15) is 17.6 Å². The number of benzene rings is 1. The van der Waals surface area contributed by atoms with Crippen molar-refractivity contribution in [3.63, 3.8) is 0 Å². The van der Waals surface area contributed by atoms with Gasteiger partial charge in [0.15, 0.2) is 17.2 Å². The summed E-state index contributed by atoms with van der Waals surface area (Å²) in [5.74, 6) is -4.28. The van der Waals surface area contributed by atoms with E-state index in [4.69, 9.17) is 14.3 Å². The molecule has 1 aromatic heterocycles. The average Bonchev–Trinajstić information content (AvgIpc) is 3.16. The summed E-state index contributed by atoms with van der Waals surface area (Å²) in [5, 5.41) is 2.29. The molecule has 3 rings (SSSR count). The van der Waals surface area contributed by atoms with Crippen LogP contribution in [0.25, 0.3) is 0 Å². The molecule has 2 aromatic rings. The molecule has 1 fully saturated rings. The van der Waals surface area contributed by atoms with Crippen LogP contribution in [-0.2, 0) is 19.3 Å². The number of ether oxygens (including phenoxy) is 2. The van der Waals surface area contributed by atoms with Crippen LogP contribution in [0.15, 0.2) is 35.5 Å². The molecule has 8 nitrogen and oxygen atoms in total. The van der Waals surface area contributed by atoms with E-state index in [-0.39, 0.29) is 23.0 Å². The maximum atomic E-state index is 14.4. The van der Waals surface area contributed by atoms with E-state index in [2.05, 4.69) is 10.3 Å². The van der Waals surface area contributed by atoms with Crippen molar-refractivity contribution in [3.05, 3.63) is 42.1 Å². The maximum Gasteiger partial charge on any atom is 0.419 e. The molecule has 1 aromatic carbocycles. The van der Waals surface area contributed by atoms with Gasteiger partial charge in [-0.15, -0.1) is 0 Å². The maximum absolute atomic E-state index is 14.4. The highest BCUT2D eigenvalue weighted by atomic mass is 32.2. The van der Waals surface area contributed by atoms with E-state index in [1.54, 1.807) is 0 Å². The van der Waals surface area contributed by atoms with Gasteiger partial charge >= 0.3 is 6.18 Å². The van der Waals surface area contributed by atoms with Crippen LogP contribution in [0.3, 0.4) is 0 Å². The van der Waals surface area contributed by atoms with E-state index < -0.39 is 63.8 Å². The van der Waals surface area contributed by atoms with Crippen molar-refractivity contribution in [1.82, 2.24) is 4.98 Å². The summed E-state index contributed by atoms with van der Waals surface area (Å²) in [7, 11) is -2.21. The molecule has 0 unspecified atom stereocenters. The lowest BCUT2D eigenvalue weighted by atomic mass is 9.98. The monoisotopic (exact) mass is 522 g/mol. The van der Waals surface area contributed by atoms with Gasteiger partial charge in [0.2, 0.25) is 11.7 Å². The fourth-order valence-corrected chi connectivity index (χ4v) is 4.51. The lowest BCUT2D eigenvalue weighted by Gasteiger charge is -2.32. The Morgan fingerprint density at radius 1 is 1.34 bits per heavy atom. The van der Waals surface area contributed by atoms with E-state index in [0.29, 0.717) is 0 Å². The first kappa shape index (κ1) is 26.6. The van der Waals surface area contributed by atoms with Gasteiger partial charge < -0.3 is 19.7 Å². The van der Waals surface area contributed by atoms with E-state index in [9.17, 15) is 31.0 Å². The number of amides is 1. The molecule has 0 saturated carbocycles. The third-order valence-electron chi connectivity index (χ3n) is 5.51. The summed E-state index contributed by atoms with van der Waals surface area (Å²) in [6.45, 7) is 0.157. The third kappa shape index (κ3) is 5.17. The lowest BCUT2D eigenvalue weighted by Crippen LogP contribution is -2.50. The number of anilines is 2. The summed E-state index contributed by atoms with van der Waals surface area (Å²) in [6, 6.07) is 2.68. The van der Waals surface area contributed by atoms with Crippen LogP contribution < -0.4 is 15.0 Å². The van der Waals surface area contributed by atoms with Crippen molar-refractivity contribution in [3.8, 4) is 5.75 Å². The Bertz CT molecular complexity index is 1220. The third-order valence-corrected chi connectivity index (χ3v) is 6.53. The van der Waals surface area contributed by atoms with Gasteiger partial charge in [-0.3, -0.25) is 4.79 Å². The first-order chi connectivity index (χ1) is 16.2. The van der Waals surface area contributed by atoms with E-state index >= 15 is 0 Å². The standard InChI is InChI=1S/C21H23F5N4O4S/c1-4-34-20(21(24,25)26)10-15(19(31)29-12-7-8-28-16(9-12)35(3,27)32)30(11-20)14-6-5-13(22)17(23)18(14)33-2/h5-9,15,27H,4,10-11H2,1-3H3,(H,28,29,31)/t15-,20+,35+/m0/s1. The minimum Gasteiger partial charge on any atom is -0.491 e. The van der Waals surface area contributed by atoms with Gasteiger partial charge in [-0.05, 0) is 31.2 Å². The predicted molar refractivity (Wildman–Crippen MR) is 117 cm³/mol. The molecule has 2 N–H and O–H groups in total. The minimum absolute atomic E-state index is 0.0416. The molecule has 1 aliphatic heterocycles. The molecule has 0 radical (unpaired) electrons. The Kier molecular flexibility index (Phi) is 7.27. The number of halogens is 5. The van der Waals surface area contributed by atoms with Gasteiger partial charge in [0.25, 0.3) is 0 Å². The Hall–Kier alpha value is -3.00. The predicted octanol–water partition coefficient (Wildman–Crippen LogP) is 3.96.